The summed E-state index contributed by atoms with van der Waals surface area (Å²) in [6, 6.07) is 0. The van der Waals surface area contributed by atoms with Gasteiger partial charge in [-0.1, -0.05) is 11.6 Å². The Bertz CT molecular complexity index is 74.5. The van der Waals surface area contributed by atoms with Gasteiger partial charge in [0.15, 0.2) is 0 Å². The number of rotatable bonds is 3. The largest absolute Gasteiger partial charge is 0.319 e. The van der Waals surface area contributed by atoms with Crippen molar-refractivity contribution in [1.29, 1.82) is 0 Å². The molecule has 0 radical (unpaired) electrons. The molecular formula is C7H15N. The summed E-state index contributed by atoms with van der Waals surface area (Å²) in [4.78, 5) is 0. The molecule has 0 rings (SSSR count). The SMILES string of the molecule is C/C=C(\C)CCNC. The maximum Gasteiger partial charge on any atom is -0.00147 e. The maximum absolute atomic E-state index is 3.09. The van der Waals surface area contributed by atoms with Crippen LogP contribution in [-0.4, -0.2) is 13.6 Å². The summed E-state index contributed by atoms with van der Waals surface area (Å²) in [7, 11) is 1.98. The highest BCUT2D eigenvalue weighted by Gasteiger charge is 1.82. The zero-order valence-corrected chi connectivity index (χ0v) is 5.99. The van der Waals surface area contributed by atoms with E-state index in [-0.39, 0.29) is 0 Å². The zero-order chi connectivity index (χ0) is 6.41. The van der Waals surface area contributed by atoms with Gasteiger partial charge >= 0.3 is 0 Å². The zero-order valence-electron chi connectivity index (χ0n) is 5.99. The van der Waals surface area contributed by atoms with Crippen LogP contribution in [0.4, 0.5) is 0 Å². The van der Waals surface area contributed by atoms with E-state index < -0.39 is 0 Å². The monoisotopic (exact) mass is 113 g/mol. The normalized spacial score (nSPS) is 12.1. The number of hydrogen-bond acceptors (Lipinski definition) is 1. The van der Waals surface area contributed by atoms with Crippen molar-refractivity contribution >= 4 is 0 Å². The van der Waals surface area contributed by atoms with Crippen molar-refractivity contribution in [2.24, 2.45) is 0 Å². The molecule has 0 aromatic rings. The molecule has 0 aliphatic carbocycles. The van der Waals surface area contributed by atoms with Gasteiger partial charge in [0.05, 0.1) is 0 Å². The topological polar surface area (TPSA) is 12.0 Å². The predicted molar refractivity (Wildman–Crippen MR) is 38.0 cm³/mol. The highest BCUT2D eigenvalue weighted by atomic mass is 14.8. The van der Waals surface area contributed by atoms with Crippen molar-refractivity contribution in [3.8, 4) is 0 Å². The number of allylic oxidation sites excluding steroid dienone is 1. The Hall–Kier alpha value is -0.300. The molecule has 0 aromatic heterocycles. The minimum atomic E-state index is 1.09. The van der Waals surface area contributed by atoms with E-state index >= 15 is 0 Å². The third-order valence-corrected chi connectivity index (χ3v) is 1.26. The van der Waals surface area contributed by atoms with E-state index in [0.717, 1.165) is 6.54 Å². The molecule has 0 bridgehead atoms. The van der Waals surface area contributed by atoms with Crippen molar-refractivity contribution in [1.82, 2.24) is 5.32 Å². The van der Waals surface area contributed by atoms with Gasteiger partial charge in [-0.05, 0) is 33.9 Å². The molecule has 48 valence electrons. The average molecular weight is 113 g/mol. The molecule has 0 aliphatic rings. The molecule has 0 amide bonds. The summed E-state index contributed by atoms with van der Waals surface area (Å²) in [6.07, 6.45) is 3.32. The Kier molecular flexibility index (Phi) is 4.67. The Balaban J connectivity index is 3.12. The fourth-order valence-electron chi connectivity index (χ4n) is 0.467. The van der Waals surface area contributed by atoms with Gasteiger partial charge in [0.2, 0.25) is 0 Å². The molecule has 0 aromatic carbocycles. The van der Waals surface area contributed by atoms with Gasteiger partial charge < -0.3 is 5.32 Å². The third kappa shape index (κ3) is 3.88. The third-order valence-electron chi connectivity index (χ3n) is 1.26. The van der Waals surface area contributed by atoms with Crippen LogP contribution in [0.5, 0.6) is 0 Å². The second-order valence-corrected chi connectivity index (χ2v) is 1.99. The summed E-state index contributed by atoms with van der Waals surface area (Å²) >= 11 is 0. The first-order valence-corrected chi connectivity index (χ1v) is 3.07. The molecular weight excluding hydrogens is 98.1 g/mol. The number of hydrogen-bond donors (Lipinski definition) is 1. The molecule has 1 nitrogen and oxygen atoms in total. The van der Waals surface area contributed by atoms with Crippen LogP contribution >= 0.6 is 0 Å². The molecule has 0 aliphatic heterocycles. The summed E-state index contributed by atoms with van der Waals surface area (Å²) < 4.78 is 0. The highest BCUT2D eigenvalue weighted by molar-refractivity contribution is 4.95. The summed E-state index contributed by atoms with van der Waals surface area (Å²) in [6.45, 7) is 5.32. The Morgan fingerprint density at radius 3 is 2.62 bits per heavy atom. The fourth-order valence-corrected chi connectivity index (χ4v) is 0.467. The van der Waals surface area contributed by atoms with Gasteiger partial charge in [-0.3, -0.25) is 0 Å². The molecule has 0 saturated carbocycles. The minimum Gasteiger partial charge on any atom is -0.319 e. The lowest BCUT2D eigenvalue weighted by Gasteiger charge is -1.96. The first-order valence-electron chi connectivity index (χ1n) is 3.07. The molecule has 0 fully saturated rings. The van der Waals surface area contributed by atoms with Gasteiger partial charge in [-0.2, -0.15) is 0 Å². The Morgan fingerprint density at radius 2 is 2.25 bits per heavy atom. The predicted octanol–water partition coefficient (Wildman–Crippen LogP) is 1.56. The minimum absolute atomic E-state index is 1.09. The van der Waals surface area contributed by atoms with Crippen molar-refractivity contribution in [2.75, 3.05) is 13.6 Å². The lowest BCUT2D eigenvalue weighted by atomic mass is 10.2. The van der Waals surface area contributed by atoms with E-state index in [1.54, 1.807) is 0 Å². The maximum atomic E-state index is 3.09. The molecule has 0 heterocycles. The van der Waals surface area contributed by atoms with Crippen LogP contribution in [-0.2, 0) is 0 Å². The van der Waals surface area contributed by atoms with E-state index in [4.69, 9.17) is 0 Å². The van der Waals surface area contributed by atoms with Crippen LogP contribution in [0.1, 0.15) is 20.3 Å². The first-order chi connectivity index (χ1) is 3.81. The fraction of sp³-hybridized carbons (Fsp3) is 0.714. The molecule has 0 unspecified atom stereocenters. The summed E-state index contributed by atoms with van der Waals surface area (Å²) in [5.41, 5.74) is 1.46. The van der Waals surface area contributed by atoms with Crippen LogP contribution in [0.3, 0.4) is 0 Å². The van der Waals surface area contributed by atoms with Crippen LogP contribution in [0.15, 0.2) is 11.6 Å². The van der Waals surface area contributed by atoms with Gasteiger partial charge in [0, 0.05) is 0 Å². The summed E-state index contributed by atoms with van der Waals surface area (Å²) in [5, 5.41) is 3.09. The van der Waals surface area contributed by atoms with Crippen LogP contribution in [0.2, 0.25) is 0 Å². The molecule has 0 atom stereocenters. The van der Waals surface area contributed by atoms with E-state index in [9.17, 15) is 0 Å². The van der Waals surface area contributed by atoms with Crippen molar-refractivity contribution < 1.29 is 0 Å². The van der Waals surface area contributed by atoms with E-state index in [2.05, 4.69) is 25.2 Å². The second kappa shape index (κ2) is 4.85. The molecule has 0 spiro atoms. The van der Waals surface area contributed by atoms with E-state index in [1.807, 2.05) is 7.05 Å². The van der Waals surface area contributed by atoms with E-state index in [1.165, 1.54) is 12.0 Å². The van der Waals surface area contributed by atoms with Crippen LogP contribution < -0.4 is 5.32 Å². The average Bonchev–Trinajstić information content (AvgIpc) is 1.83. The lowest BCUT2D eigenvalue weighted by molar-refractivity contribution is 0.784. The van der Waals surface area contributed by atoms with E-state index in [0.29, 0.717) is 0 Å². The van der Waals surface area contributed by atoms with Crippen molar-refractivity contribution in [2.45, 2.75) is 20.3 Å². The molecule has 0 saturated heterocycles. The Labute approximate surface area is 51.8 Å². The standard InChI is InChI=1S/C7H15N/c1-4-7(2)5-6-8-3/h4,8H,5-6H2,1-3H3/b7-4+. The smallest absolute Gasteiger partial charge is 0.00147 e. The summed E-state index contributed by atoms with van der Waals surface area (Å²) in [5.74, 6) is 0. The lowest BCUT2D eigenvalue weighted by Crippen LogP contribution is -2.07. The molecule has 8 heavy (non-hydrogen) atoms. The Morgan fingerprint density at radius 1 is 1.62 bits per heavy atom. The molecule has 1 N–H and O–H groups in total. The van der Waals surface area contributed by atoms with Gasteiger partial charge in [-0.25, -0.2) is 0 Å². The second-order valence-electron chi connectivity index (χ2n) is 1.99. The van der Waals surface area contributed by atoms with Gasteiger partial charge in [-0.15, -0.1) is 0 Å². The van der Waals surface area contributed by atoms with Crippen molar-refractivity contribution in [3.05, 3.63) is 11.6 Å². The molecule has 1 heteroatoms. The first kappa shape index (κ1) is 7.70. The van der Waals surface area contributed by atoms with Crippen molar-refractivity contribution in [3.63, 3.8) is 0 Å². The highest BCUT2D eigenvalue weighted by Crippen LogP contribution is 1.95. The quantitative estimate of drug-likeness (QED) is 0.548. The van der Waals surface area contributed by atoms with Gasteiger partial charge in [0.25, 0.3) is 0 Å². The van der Waals surface area contributed by atoms with Crippen LogP contribution in [0, 0.1) is 0 Å². The number of nitrogens with one attached hydrogen (secondary N) is 1. The van der Waals surface area contributed by atoms with Gasteiger partial charge in [0.1, 0.15) is 0 Å². The van der Waals surface area contributed by atoms with Crippen LogP contribution in [0.25, 0.3) is 0 Å².